The van der Waals surface area contributed by atoms with Gasteiger partial charge in [-0.05, 0) is 24.6 Å². The molecule has 15 heavy (non-hydrogen) atoms. The van der Waals surface area contributed by atoms with E-state index < -0.39 is 0 Å². The van der Waals surface area contributed by atoms with Crippen molar-refractivity contribution in [1.82, 2.24) is 0 Å². The molecule has 3 nitrogen and oxygen atoms in total. The van der Waals surface area contributed by atoms with Gasteiger partial charge in [-0.25, -0.2) is 0 Å². The first-order valence-electron chi connectivity index (χ1n) is 5.44. The summed E-state index contributed by atoms with van der Waals surface area (Å²) in [5, 5.41) is 21.6. The Kier molecular flexibility index (Phi) is 4.98. The van der Waals surface area contributed by atoms with E-state index in [4.69, 9.17) is 5.11 Å². The normalized spacial score (nSPS) is 10.3. The molecule has 0 unspecified atom stereocenters. The lowest BCUT2D eigenvalue weighted by atomic mass is 10.2. The van der Waals surface area contributed by atoms with Crippen LogP contribution in [0.3, 0.4) is 0 Å². The predicted molar refractivity (Wildman–Crippen MR) is 62.0 cm³/mol. The van der Waals surface area contributed by atoms with Crippen LogP contribution in [0.2, 0.25) is 0 Å². The van der Waals surface area contributed by atoms with Gasteiger partial charge in [-0.2, -0.15) is 0 Å². The first-order valence-corrected chi connectivity index (χ1v) is 5.44. The fraction of sp³-hybridized carbons (Fsp3) is 0.500. The molecule has 0 aliphatic heterocycles. The molecule has 0 radical (unpaired) electrons. The van der Waals surface area contributed by atoms with E-state index in [9.17, 15) is 5.11 Å². The van der Waals surface area contributed by atoms with E-state index in [0.29, 0.717) is 5.56 Å². The fourth-order valence-corrected chi connectivity index (χ4v) is 1.43. The summed E-state index contributed by atoms with van der Waals surface area (Å²) < 4.78 is 0. The Morgan fingerprint density at radius 2 is 2.07 bits per heavy atom. The zero-order valence-corrected chi connectivity index (χ0v) is 9.16. The number of phenols is 1. The van der Waals surface area contributed by atoms with E-state index in [-0.39, 0.29) is 12.4 Å². The molecule has 1 aromatic carbocycles. The highest BCUT2D eigenvalue weighted by molar-refractivity contribution is 5.50. The number of unbranched alkanes of at least 4 members (excludes halogenated alkanes) is 2. The highest BCUT2D eigenvalue weighted by Gasteiger charge is 2.00. The molecule has 0 saturated heterocycles. The van der Waals surface area contributed by atoms with Gasteiger partial charge in [0.2, 0.25) is 0 Å². The van der Waals surface area contributed by atoms with Gasteiger partial charge in [-0.1, -0.05) is 19.8 Å². The lowest BCUT2D eigenvalue weighted by Crippen LogP contribution is -2.01. The third-order valence-electron chi connectivity index (χ3n) is 2.36. The fourth-order valence-electron chi connectivity index (χ4n) is 1.43. The van der Waals surface area contributed by atoms with Crippen LogP contribution < -0.4 is 5.32 Å². The Morgan fingerprint density at radius 3 is 2.73 bits per heavy atom. The summed E-state index contributed by atoms with van der Waals surface area (Å²) >= 11 is 0. The van der Waals surface area contributed by atoms with Crippen molar-refractivity contribution in [2.24, 2.45) is 0 Å². The Labute approximate surface area is 90.8 Å². The number of hydrogen-bond acceptors (Lipinski definition) is 3. The average molecular weight is 209 g/mol. The Bertz CT molecular complexity index is 300. The SMILES string of the molecule is CCCCCNc1ccc(O)c(CO)c1. The summed E-state index contributed by atoms with van der Waals surface area (Å²) in [6.07, 6.45) is 3.57. The molecule has 0 saturated carbocycles. The standard InChI is InChI=1S/C12H19NO2/c1-2-3-4-7-13-11-5-6-12(15)10(8-11)9-14/h5-6,8,13-15H,2-4,7,9H2,1H3. The van der Waals surface area contributed by atoms with Crippen LogP contribution in [0.25, 0.3) is 0 Å². The smallest absolute Gasteiger partial charge is 0.121 e. The van der Waals surface area contributed by atoms with Crippen LogP contribution in [0.1, 0.15) is 31.7 Å². The van der Waals surface area contributed by atoms with E-state index >= 15 is 0 Å². The summed E-state index contributed by atoms with van der Waals surface area (Å²) in [5.74, 6) is 0.150. The molecule has 1 aromatic rings. The number of aliphatic hydroxyl groups excluding tert-OH is 1. The van der Waals surface area contributed by atoms with Crippen molar-refractivity contribution in [3.05, 3.63) is 23.8 Å². The van der Waals surface area contributed by atoms with Gasteiger partial charge >= 0.3 is 0 Å². The number of benzene rings is 1. The van der Waals surface area contributed by atoms with Crippen molar-refractivity contribution in [2.75, 3.05) is 11.9 Å². The van der Waals surface area contributed by atoms with Gasteiger partial charge < -0.3 is 15.5 Å². The molecule has 1 rings (SSSR count). The van der Waals surface area contributed by atoms with Crippen molar-refractivity contribution in [1.29, 1.82) is 0 Å². The van der Waals surface area contributed by atoms with Gasteiger partial charge in [-0.3, -0.25) is 0 Å². The van der Waals surface area contributed by atoms with Crippen LogP contribution in [0.15, 0.2) is 18.2 Å². The maximum absolute atomic E-state index is 9.36. The Hall–Kier alpha value is -1.22. The number of anilines is 1. The second-order valence-electron chi connectivity index (χ2n) is 3.64. The van der Waals surface area contributed by atoms with E-state index in [2.05, 4.69) is 12.2 Å². The van der Waals surface area contributed by atoms with E-state index in [0.717, 1.165) is 18.7 Å². The average Bonchev–Trinajstić information content (AvgIpc) is 2.26. The summed E-state index contributed by atoms with van der Waals surface area (Å²) in [7, 11) is 0. The van der Waals surface area contributed by atoms with Crippen molar-refractivity contribution >= 4 is 5.69 Å². The maximum atomic E-state index is 9.36. The topological polar surface area (TPSA) is 52.5 Å². The molecule has 0 fully saturated rings. The van der Waals surface area contributed by atoms with Gasteiger partial charge in [0.1, 0.15) is 5.75 Å². The molecule has 0 aliphatic rings. The van der Waals surface area contributed by atoms with Crippen LogP contribution in [-0.2, 0) is 6.61 Å². The van der Waals surface area contributed by atoms with Gasteiger partial charge in [0.15, 0.2) is 0 Å². The second kappa shape index (κ2) is 6.30. The van der Waals surface area contributed by atoms with E-state index in [1.54, 1.807) is 12.1 Å². The molecule has 3 heteroatoms. The van der Waals surface area contributed by atoms with Crippen molar-refractivity contribution in [3.8, 4) is 5.75 Å². The van der Waals surface area contributed by atoms with Gasteiger partial charge in [0, 0.05) is 17.8 Å². The molecule has 84 valence electrons. The van der Waals surface area contributed by atoms with Crippen LogP contribution >= 0.6 is 0 Å². The summed E-state index contributed by atoms with van der Waals surface area (Å²) in [4.78, 5) is 0. The Balaban J connectivity index is 2.47. The molecule has 0 atom stereocenters. The minimum atomic E-state index is -0.129. The number of hydrogen-bond donors (Lipinski definition) is 3. The third-order valence-corrected chi connectivity index (χ3v) is 2.36. The summed E-state index contributed by atoms with van der Waals surface area (Å²) in [6.45, 7) is 2.98. The van der Waals surface area contributed by atoms with Crippen molar-refractivity contribution in [2.45, 2.75) is 32.8 Å². The van der Waals surface area contributed by atoms with Crippen LogP contribution in [0.5, 0.6) is 5.75 Å². The molecule has 0 aromatic heterocycles. The minimum Gasteiger partial charge on any atom is -0.508 e. The van der Waals surface area contributed by atoms with E-state index in [1.165, 1.54) is 12.8 Å². The van der Waals surface area contributed by atoms with Crippen molar-refractivity contribution < 1.29 is 10.2 Å². The number of nitrogens with one attached hydrogen (secondary N) is 1. The lowest BCUT2D eigenvalue weighted by Gasteiger charge is -2.08. The van der Waals surface area contributed by atoms with Crippen molar-refractivity contribution in [3.63, 3.8) is 0 Å². The first-order chi connectivity index (χ1) is 7.27. The van der Waals surface area contributed by atoms with Gasteiger partial charge in [0.25, 0.3) is 0 Å². The molecular formula is C12H19NO2. The van der Waals surface area contributed by atoms with E-state index in [1.807, 2.05) is 6.07 Å². The summed E-state index contributed by atoms with van der Waals surface area (Å²) in [6, 6.07) is 5.20. The monoisotopic (exact) mass is 209 g/mol. The lowest BCUT2D eigenvalue weighted by molar-refractivity contribution is 0.275. The molecular weight excluding hydrogens is 190 g/mol. The zero-order chi connectivity index (χ0) is 11.1. The van der Waals surface area contributed by atoms with Gasteiger partial charge in [-0.15, -0.1) is 0 Å². The second-order valence-corrected chi connectivity index (χ2v) is 3.64. The highest BCUT2D eigenvalue weighted by atomic mass is 16.3. The maximum Gasteiger partial charge on any atom is 0.121 e. The minimum absolute atomic E-state index is 0.129. The van der Waals surface area contributed by atoms with Crippen LogP contribution in [-0.4, -0.2) is 16.8 Å². The predicted octanol–water partition coefficient (Wildman–Crippen LogP) is 2.49. The van der Waals surface area contributed by atoms with Gasteiger partial charge in [0.05, 0.1) is 6.61 Å². The molecule has 0 aliphatic carbocycles. The number of aliphatic hydroxyl groups is 1. The highest BCUT2D eigenvalue weighted by Crippen LogP contribution is 2.21. The molecule has 0 bridgehead atoms. The molecule has 0 amide bonds. The number of rotatable bonds is 6. The first kappa shape index (κ1) is 11.9. The third kappa shape index (κ3) is 3.80. The molecule has 0 heterocycles. The molecule has 0 spiro atoms. The zero-order valence-electron chi connectivity index (χ0n) is 9.16. The molecule has 3 N–H and O–H groups in total. The number of aromatic hydroxyl groups is 1. The van der Waals surface area contributed by atoms with Crippen LogP contribution in [0.4, 0.5) is 5.69 Å². The largest absolute Gasteiger partial charge is 0.508 e. The van der Waals surface area contributed by atoms with Crippen LogP contribution in [0, 0.1) is 0 Å². The quantitative estimate of drug-likeness (QED) is 0.498. The Morgan fingerprint density at radius 1 is 1.27 bits per heavy atom. The summed E-state index contributed by atoms with van der Waals surface area (Å²) in [5.41, 5.74) is 1.52.